The number of aromatic nitrogens is 3. The van der Waals surface area contributed by atoms with Crippen LogP contribution in [0.3, 0.4) is 0 Å². The van der Waals surface area contributed by atoms with E-state index in [2.05, 4.69) is 47.0 Å². The van der Waals surface area contributed by atoms with Crippen LogP contribution < -0.4 is 9.64 Å². The van der Waals surface area contributed by atoms with Gasteiger partial charge in [0.25, 0.3) is 0 Å². The number of anilines is 1. The van der Waals surface area contributed by atoms with E-state index in [0.29, 0.717) is 13.2 Å². The summed E-state index contributed by atoms with van der Waals surface area (Å²) < 4.78 is 14.0. The molecular weight excluding hydrogens is 352 g/mol. The molecule has 0 N–H and O–H groups in total. The third-order valence-corrected chi connectivity index (χ3v) is 5.13. The predicted molar refractivity (Wildman–Crippen MR) is 111 cm³/mol. The van der Waals surface area contributed by atoms with Crippen molar-refractivity contribution in [2.45, 2.75) is 39.8 Å². The summed E-state index contributed by atoms with van der Waals surface area (Å²) >= 11 is 0. The molecule has 0 bridgehead atoms. The van der Waals surface area contributed by atoms with Gasteiger partial charge >= 0.3 is 0 Å². The molecular formula is C22H28N4O2. The van der Waals surface area contributed by atoms with Crippen molar-refractivity contribution in [1.29, 1.82) is 0 Å². The maximum atomic E-state index is 6.04. The lowest BCUT2D eigenvalue weighted by Crippen LogP contribution is -2.44. The Labute approximate surface area is 166 Å². The van der Waals surface area contributed by atoms with Crippen molar-refractivity contribution in [2.75, 3.05) is 31.2 Å². The summed E-state index contributed by atoms with van der Waals surface area (Å²) in [6.07, 6.45) is 2.96. The normalized spacial score (nSPS) is 17.2. The molecule has 1 aliphatic rings. The minimum atomic E-state index is 0.106. The van der Waals surface area contributed by atoms with Gasteiger partial charge in [-0.1, -0.05) is 19.1 Å². The molecule has 1 atom stereocenters. The summed E-state index contributed by atoms with van der Waals surface area (Å²) in [6.45, 7) is 10.1. The lowest BCUT2D eigenvalue weighted by atomic mass is 10.1. The zero-order valence-electron chi connectivity index (χ0n) is 16.9. The second-order valence-corrected chi connectivity index (χ2v) is 7.38. The molecule has 1 fully saturated rings. The molecule has 148 valence electrons. The number of hydrogen-bond acceptors (Lipinski definition) is 5. The Morgan fingerprint density at radius 3 is 2.93 bits per heavy atom. The summed E-state index contributed by atoms with van der Waals surface area (Å²) in [5.41, 5.74) is 4.33. The highest BCUT2D eigenvalue weighted by Gasteiger charge is 2.23. The number of aryl methyl sites for hydroxylation is 2. The van der Waals surface area contributed by atoms with Crippen molar-refractivity contribution in [3.05, 3.63) is 47.9 Å². The highest BCUT2D eigenvalue weighted by molar-refractivity contribution is 5.95. The molecule has 1 aliphatic heterocycles. The predicted octanol–water partition coefficient (Wildman–Crippen LogP) is 3.74. The molecule has 28 heavy (non-hydrogen) atoms. The number of rotatable bonds is 6. The molecule has 0 aliphatic carbocycles. The van der Waals surface area contributed by atoms with E-state index >= 15 is 0 Å². The number of fused-ring (bicyclic) bond motifs is 1. The van der Waals surface area contributed by atoms with Gasteiger partial charge in [0.1, 0.15) is 11.3 Å². The first-order valence-corrected chi connectivity index (χ1v) is 10.0. The van der Waals surface area contributed by atoms with Crippen LogP contribution in [-0.2, 0) is 11.3 Å². The van der Waals surface area contributed by atoms with Crippen LogP contribution in [0.25, 0.3) is 10.9 Å². The molecule has 4 rings (SSSR count). The van der Waals surface area contributed by atoms with Crippen LogP contribution in [0.2, 0.25) is 0 Å². The minimum Gasteiger partial charge on any atom is -0.491 e. The van der Waals surface area contributed by atoms with E-state index in [1.165, 1.54) is 11.4 Å². The van der Waals surface area contributed by atoms with Crippen molar-refractivity contribution in [3.8, 4) is 5.75 Å². The number of hydrogen-bond donors (Lipinski definition) is 0. The molecule has 0 saturated carbocycles. The number of nitrogens with zero attached hydrogens (tertiary/aromatic N) is 4. The van der Waals surface area contributed by atoms with Crippen molar-refractivity contribution in [3.63, 3.8) is 0 Å². The average molecular weight is 380 g/mol. The SMILES string of the molecule is CCCOc1cccc2c(N3CCOC(Cn4nc(C)cc4C)C3)ccnc12. The molecule has 3 aromatic rings. The fraction of sp³-hybridized carbons (Fsp3) is 0.455. The first-order chi connectivity index (χ1) is 13.7. The van der Waals surface area contributed by atoms with Crippen molar-refractivity contribution in [2.24, 2.45) is 0 Å². The van der Waals surface area contributed by atoms with Crippen molar-refractivity contribution >= 4 is 16.6 Å². The van der Waals surface area contributed by atoms with E-state index in [4.69, 9.17) is 9.47 Å². The molecule has 1 unspecified atom stereocenters. The second-order valence-electron chi connectivity index (χ2n) is 7.38. The van der Waals surface area contributed by atoms with Gasteiger partial charge in [0.05, 0.1) is 31.6 Å². The monoisotopic (exact) mass is 380 g/mol. The van der Waals surface area contributed by atoms with Crippen LogP contribution in [0.4, 0.5) is 5.69 Å². The average Bonchev–Trinajstić information content (AvgIpc) is 3.02. The molecule has 2 aromatic heterocycles. The van der Waals surface area contributed by atoms with Crippen LogP contribution in [0.5, 0.6) is 5.75 Å². The Kier molecular flexibility index (Phi) is 5.48. The molecule has 0 radical (unpaired) electrons. The molecule has 1 saturated heterocycles. The van der Waals surface area contributed by atoms with Gasteiger partial charge in [0, 0.05) is 36.1 Å². The zero-order chi connectivity index (χ0) is 19.5. The Hall–Kier alpha value is -2.60. The molecule has 0 spiro atoms. The van der Waals surface area contributed by atoms with Gasteiger partial charge in [-0.25, -0.2) is 0 Å². The first-order valence-electron chi connectivity index (χ1n) is 10.0. The zero-order valence-corrected chi connectivity index (χ0v) is 16.9. The van der Waals surface area contributed by atoms with Gasteiger partial charge in [-0.15, -0.1) is 0 Å². The third kappa shape index (κ3) is 3.83. The Morgan fingerprint density at radius 1 is 1.25 bits per heavy atom. The summed E-state index contributed by atoms with van der Waals surface area (Å²) in [5.74, 6) is 0.855. The molecule has 6 nitrogen and oxygen atoms in total. The summed E-state index contributed by atoms with van der Waals surface area (Å²) in [6, 6.07) is 10.4. The maximum Gasteiger partial charge on any atom is 0.145 e. The van der Waals surface area contributed by atoms with Gasteiger partial charge in [-0.2, -0.15) is 5.10 Å². The summed E-state index contributed by atoms with van der Waals surface area (Å²) in [4.78, 5) is 6.99. The van der Waals surface area contributed by atoms with Crippen LogP contribution in [0, 0.1) is 13.8 Å². The lowest BCUT2D eigenvalue weighted by molar-refractivity contribution is 0.0271. The van der Waals surface area contributed by atoms with Crippen molar-refractivity contribution in [1.82, 2.24) is 14.8 Å². The number of morpholine rings is 1. The Bertz CT molecular complexity index is 953. The lowest BCUT2D eigenvalue weighted by Gasteiger charge is -2.35. The fourth-order valence-corrected chi connectivity index (χ4v) is 3.84. The quantitative estimate of drug-likeness (QED) is 0.652. The Morgan fingerprint density at radius 2 is 2.14 bits per heavy atom. The highest BCUT2D eigenvalue weighted by atomic mass is 16.5. The standard InChI is InChI=1S/C22H28N4O2/c1-4-11-28-21-7-5-6-19-20(8-9-23-22(19)21)25-10-12-27-18(14-25)15-26-17(3)13-16(2)24-26/h5-9,13,18H,4,10-12,14-15H2,1-3H3. The van der Waals surface area contributed by atoms with Gasteiger partial charge in [0.2, 0.25) is 0 Å². The number of benzene rings is 1. The van der Waals surface area contributed by atoms with E-state index in [1.807, 2.05) is 29.9 Å². The van der Waals surface area contributed by atoms with Crippen molar-refractivity contribution < 1.29 is 9.47 Å². The van der Waals surface area contributed by atoms with Crippen LogP contribution in [0.15, 0.2) is 36.5 Å². The van der Waals surface area contributed by atoms with Crippen LogP contribution >= 0.6 is 0 Å². The number of ether oxygens (including phenoxy) is 2. The highest BCUT2D eigenvalue weighted by Crippen LogP contribution is 2.32. The van der Waals surface area contributed by atoms with Gasteiger partial charge in [-0.3, -0.25) is 9.67 Å². The van der Waals surface area contributed by atoms with E-state index in [1.54, 1.807) is 0 Å². The largest absolute Gasteiger partial charge is 0.491 e. The molecule has 1 aromatic carbocycles. The minimum absolute atomic E-state index is 0.106. The van der Waals surface area contributed by atoms with E-state index < -0.39 is 0 Å². The molecule has 6 heteroatoms. The third-order valence-electron chi connectivity index (χ3n) is 5.13. The Balaban J connectivity index is 1.58. The van der Waals surface area contributed by atoms with E-state index in [-0.39, 0.29) is 6.10 Å². The summed E-state index contributed by atoms with van der Waals surface area (Å²) in [5, 5.41) is 5.71. The summed E-state index contributed by atoms with van der Waals surface area (Å²) in [7, 11) is 0. The van der Waals surface area contributed by atoms with Gasteiger partial charge < -0.3 is 14.4 Å². The molecule has 3 heterocycles. The second kappa shape index (κ2) is 8.19. The van der Waals surface area contributed by atoms with E-state index in [0.717, 1.165) is 48.4 Å². The molecule has 0 amide bonds. The topological polar surface area (TPSA) is 52.4 Å². The van der Waals surface area contributed by atoms with Crippen LogP contribution in [-0.4, -0.2) is 47.2 Å². The smallest absolute Gasteiger partial charge is 0.145 e. The van der Waals surface area contributed by atoms with Crippen LogP contribution in [0.1, 0.15) is 24.7 Å². The number of pyridine rings is 1. The van der Waals surface area contributed by atoms with E-state index in [9.17, 15) is 0 Å². The maximum absolute atomic E-state index is 6.04. The fourth-order valence-electron chi connectivity index (χ4n) is 3.84. The van der Waals surface area contributed by atoms with Gasteiger partial charge in [-0.05, 0) is 38.5 Å². The number of para-hydroxylation sites is 1. The first kappa shape index (κ1) is 18.7. The van der Waals surface area contributed by atoms with Gasteiger partial charge in [0.15, 0.2) is 0 Å².